The van der Waals surface area contributed by atoms with E-state index >= 15 is 0 Å². The van der Waals surface area contributed by atoms with Gasteiger partial charge in [-0.1, -0.05) is 41.9 Å². The standard InChI is InChI=1S/C19H20ClNO5S/c1-13(18(22)21(2)12-14-7-5-4-6-8-14)26-19(23)16-11-15(27(3,24)25)9-10-17(16)20/h4-11,13H,12H2,1-3H3/t13-/m0/s1. The Morgan fingerprint density at radius 1 is 1.15 bits per heavy atom. The number of esters is 1. The molecule has 0 N–H and O–H groups in total. The number of hydrogen-bond acceptors (Lipinski definition) is 5. The van der Waals surface area contributed by atoms with Gasteiger partial charge in [-0.2, -0.15) is 0 Å². The van der Waals surface area contributed by atoms with Gasteiger partial charge in [0.05, 0.1) is 15.5 Å². The molecule has 0 aliphatic rings. The van der Waals surface area contributed by atoms with Crippen molar-refractivity contribution >= 4 is 33.3 Å². The van der Waals surface area contributed by atoms with Gasteiger partial charge < -0.3 is 9.64 Å². The molecule has 0 radical (unpaired) electrons. The van der Waals surface area contributed by atoms with Gasteiger partial charge in [0.1, 0.15) is 0 Å². The van der Waals surface area contributed by atoms with E-state index in [1.807, 2.05) is 30.3 Å². The van der Waals surface area contributed by atoms with E-state index in [1.54, 1.807) is 7.05 Å². The van der Waals surface area contributed by atoms with Crippen molar-refractivity contribution in [3.05, 3.63) is 64.7 Å². The molecular weight excluding hydrogens is 390 g/mol. The first-order chi connectivity index (χ1) is 12.6. The lowest BCUT2D eigenvalue weighted by atomic mass is 10.2. The second kappa shape index (κ2) is 8.54. The Morgan fingerprint density at radius 3 is 2.37 bits per heavy atom. The van der Waals surface area contributed by atoms with Crippen molar-refractivity contribution in [3.63, 3.8) is 0 Å². The summed E-state index contributed by atoms with van der Waals surface area (Å²) in [6.07, 6.45) is -0.0278. The normalized spacial score (nSPS) is 12.3. The molecule has 8 heteroatoms. The highest BCUT2D eigenvalue weighted by atomic mass is 35.5. The smallest absolute Gasteiger partial charge is 0.340 e. The van der Waals surface area contributed by atoms with E-state index in [1.165, 1.54) is 24.0 Å². The molecule has 0 bridgehead atoms. The summed E-state index contributed by atoms with van der Waals surface area (Å²) >= 11 is 5.98. The van der Waals surface area contributed by atoms with E-state index in [0.717, 1.165) is 17.9 Å². The van der Waals surface area contributed by atoms with E-state index in [9.17, 15) is 18.0 Å². The van der Waals surface area contributed by atoms with Crippen LogP contribution in [0.25, 0.3) is 0 Å². The maximum Gasteiger partial charge on any atom is 0.340 e. The summed E-state index contributed by atoms with van der Waals surface area (Å²) in [4.78, 5) is 26.2. The molecule has 1 amide bonds. The molecule has 2 rings (SSSR count). The fourth-order valence-corrected chi connectivity index (χ4v) is 3.25. The number of ether oxygens (including phenoxy) is 1. The number of amides is 1. The van der Waals surface area contributed by atoms with Crippen LogP contribution in [0.2, 0.25) is 5.02 Å². The van der Waals surface area contributed by atoms with Crippen LogP contribution in [0.15, 0.2) is 53.4 Å². The molecule has 0 aliphatic carbocycles. The van der Waals surface area contributed by atoms with E-state index < -0.39 is 21.9 Å². The zero-order valence-corrected chi connectivity index (χ0v) is 16.8. The number of hydrogen-bond donors (Lipinski definition) is 0. The lowest BCUT2D eigenvalue weighted by Crippen LogP contribution is -2.37. The third-order valence-electron chi connectivity index (χ3n) is 3.86. The quantitative estimate of drug-likeness (QED) is 0.685. The van der Waals surface area contributed by atoms with Gasteiger partial charge in [0.15, 0.2) is 15.9 Å². The Labute approximate surface area is 163 Å². The second-order valence-corrected chi connectivity index (χ2v) is 8.56. The lowest BCUT2D eigenvalue weighted by Gasteiger charge is -2.21. The molecule has 0 heterocycles. The highest BCUT2D eigenvalue weighted by Crippen LogP contribution is 2.22. The Kier molecular flexibility index (Phi) is 6.62. The minimum atomic E-state index is -3.51. The predicted molar refractivity (Wildman–Crippen MR) is 102 cm³/mol. The van der Waals surface area contributed by atoms with Crippen LogP contribution in [0, 0.1) is 0 Å². The molecule has 2 aromatic carbocycles. The predicted octanol–water partition coefficient (Wildman–Crippen LogP) is 2.95. The highest BCUT2D eigenvalue weighted by Gasteiger charge is 2.24. The first-order valence-electron chi connectivity index (χ1n) is 8.09. The molecular formula is C19H20ClNO5S. The van der Waals surface area contributed by atoms with Gasteiger partial charge in [0, 0.05) is 19.8 Å². The monoisotopic (exact) mass is 409 g/mol. The molecule has 27 heavy (non-hydrogen) atoms. The van der Waals surface area contributed by atoms with Gasteiger partial charge in [-0.15, -0.1) is 0 Å². The Hall–Kier alpha value is -2.38. The van der Waals surface area contributed by atoms with Crippen LogP contribution in [0.4, 0.5) is 0 Å². The third-order valence-corrected chi connectivity index (χ3v) is 5.30. The van der Waals surface area contributed by atoms with Crippen LogP contribution in [0.3, 0.4) is 0 Å². The minimum Gasteiger partial charge on any atom is -0.449 e. The number of benzene rings is 2. The fraction of sp³-hybridized carbons (Fsp3) is 0.263. The topological polar surface area (TPSA) is 80.8 Å². The summed E-state index contributed by atoms with van der Waals surface area (Å²) in [5, 5.41) is 0.0460. The van der Waals surface area contributed by atoms with Crippen LogP contribution in [-0.4, -0.2) is 44.6 Å². The third kappa shape index (κ3) is 5.55. The number of carbonyl (C=O) groups is 2. The summed E-state index contributed by atoms with van der Waals surface area (Å²) in [5.41, 5.74) is 0.834. The number of carbonyl (C=O) groups excluding carboxylic acids is 2. The molecule has 0 fully saturated rings. The molecule has 0 unspecified atom stereocenters. The van der Waals surface area contributed by atoms with Gasteiger partial charge in [-0.05, 0) is 30.7 Å². The summed E-state index contributed by atoms with van der Waals surface area (Å²) in [6, 6.07) is 13.1. The maximum atomic E-state index is 12.4. The fourth-order valence-electron chi connectivity index (χ4n) is 2.41. The van der Waals surface area contributed by atoms with Crippen LogP contribution in [-0.2, 0) is 25.9 Å². The lowest BCUT2D eigenvalue weighted by molar-refractivity contribution is -0.139. The first kappa shape index (κ1) is 20.9. The van der Waals surface area contributed by atoms with E-state index in [4.69, 9.17) is 16.3 Å². The molecule has 0 spiro atoms. The van der Waals surface area contributed by atoms with Crippen LogP contribution in [0.1, 0.15) is 22.8 Å². The van der Waals surface area contributed by atoms with Gasteiger partial charge in [0.25, 0.3) is 5.91 Å². The average Bonchev–Trinajstić information content (AvgIpc) is 2.61. The first-order valence-corrected chi connectivity index (χ1v) is 10.4. The number of likely N-dealkylation sites (N-methyl/N-ethyl adjacent to an activating group) is 1. The van der Waals surface area contributed by atoms with Crippen molar-refractivity contribution < 1.29 is 22.7 Å². The van der Waals surface area contributed by atoms with Crippen molar-refractivity contribution in [2.24, 2.45) is 0 Å². The van der Waals surface area contributed by atoms with E-state index in [2.05, 4.69) is 0 Å². The highest BCUT2D eigenvalue weighted by molar-refractivity contribution is 7.90. The van der Waals surface area contributed by atoms with Gasteiger partial charge in [-0.25, -0.2) is 13.2 Å². The van der Waals surface area contributed by atoms with Crippen molar-refractivity contribution in [2.45, 2.75) is 24.5 Å². The Morgan fingerprint density at radius 2 is 1.78 bits per heavy atom. The number of sulfone groups is 1. The zero-order valence-electron chi connectivity index (χ0n) is 15.2. The van der Waals surface area contributed by atoms with Gasteiger partial charge >= 0.3 is 5.97 Å². The van der Waals surface area contributed by atoms with E-state index in [-0.39, 0.29) is 21.4 Å². The molecule has 1 atom stereocenters. The molecule has 0 saturated carbocycles. The van der Waals surface area contributed by atoms with Crippen molar-refractivity contribution in [3.8, 4) is 0 Å². The number of nitrogens with zero attached hydrogens (tertiary/aromatic N) is 1. The molecule has 0 aromatic heterocycles. The largest absolute Gasteiger partial charge is 0.449 e. The van der Waals surface area contributed by atoms with E-state index in [0.29, 0.717) is 6.54 Å². The minimum absolute atomic E-state index is 0.0460. The van der Waals surface area contributed by atoms with Crippen molar-refractivity contribution in [1.82, 2.24) is 4.90 Å². The van der Waals surface area contributed by atoms with Gasteiger partial charge in [0.2, 0.25) is 0 Å². The number of halogens is 1. The zero-order chi connectivity index (χ0) is 20.2. The van der Waals surface area contributed by atoms with Crippen LogP contribution in [0.5, 0.6) is 0 Å². The summed E-state index contributed by atoms with van der Waals surface area (Å²) in [5.74, 6) is -1.25. The molecule has 0 aliphatic heterocycles. The van der Waals surface area contributed by atoms with Gasteiger partial charge in [-0.3, -0.25) is 4.79 Å². The molecule has 6 nitrogen and oxygen atoms in total. The SMILES string of the molecule is C[C@H](OC(=O)c1cc(S(C)(=O)=O)ccc1Cl)C(=O)N(C)Cc1ccccc1. The molecule has 0 saturated heterocycles. The molecule has 2 aromatic rings. The summed E-state index contributed by atoms with van der Waals surface area (Å²) in [6.45, 7) is 1.82. The number of rotatable bonds is 6. The van der Waals surface area contributed by atoms with Crippen LogP contribution < -0.4 is 0 Å². The maximum absolute atomic E-state index is 12.4. The average molecular weight is 410 g/mol. The summed E-state index contributed by atoms with van der Waals surface area (Å²) in [7, 11) is -1.90. The second-order valence-electron chi connectivity index (χ2n) is 6.14. The Balaban J connectivity index is 2.09. The summed E-state index contributed by atoms with van der Waals surface area (Å²) < 4.78 is 28.5. The molecule has 144 valence electrons. The van der Waals surface area contributed by atoms with Crippen molar-refractivity contribution in [1.29, 1.82) is 0 Å². The van der Waals surface area contributed by atoms with Crippen LogP contribution >= 0.6 is 11.6 Å². The Bertz CT molecular complexity index is 944. The van der Waals surface area contributed by atoms with Crippen molar-refractivity contribution in [2.75, 3.05) is 13.3 Å².